The monoisotopic (exact) mass is 197 g/mol. The first-order valence-corrected chi connectivity index (χ1v) is 5.57. The van der Waals surface area contributed by atoms with Crippen LogP contribution in [0.5, 0.6) is 0 Å². The maximum atomic E-state index is 4.67. The molecule has 0 saturated heterocycles. The van der Waals surface area contributed by atoms with E-state index in [2.05, 4.69) is 43.1 Å². The van der Waals surface area contributed by atoms with Gasteiger partial charge in [0.15, 0.2) is 0 Å². The van der Waals surface area contributed by atoms with E-state index in [-0.39, 0.29) is 5.54 Å². The van der Waals surface area contributed by atoms with Crippen molar-refractivity contribution >= 4 is 17.4 Å². The second-order valence-corrected chi connectivity index (χ2v) is 4.96. The van der Waals surface area contributed by atoms with Crippen LogP contribution < -0.4 is 0 Å². The Morgan fingerprint density at radius 3 is 2.31 bits per heavy atom. The average Bonchev–Trinajstić information content (AvgIpc) is 2.05. The van der Waals surface area contributed by atoms with Crippen LogP contribution in [-0.4, -0.2) is 10.7 Å². The second kappa shape index (κ2) is 4.34. The minimum Gasteiger partial charge on any atom is -0.226 e. The van der Waals surface area contributed by atoms with Crippen molar-refractivity contribution in [3.05, 3.63) is 0 Å². The fourth-order valence-electron chi connectivity index (χ4n) is 2.15. The maximum absolute atomic E-state index is 4.67. The van der Waals surface area contributed by atoms with Crippen LogP contribution in [0.3, 0.4) is 0 Å². The van der Waals surface area contributed by atoms with Crippen LogP contribution >= 0.6 is 12.2 Å². The molecule has 0 N–H and O–H groups in total. The molecule has 1 aliphatic carbocycles. The highest BCUT2D eigenvalue weighted by atomic mass is 32.1. The summed E-state index contributed by atoms with van der Waals surface area (Å²) in [7, 11) is 0. The molecule has 2 heteroatoms. The summed E-state index contributed by atoms with van der Waals surface area (Å²) in [5, 5.41) is 2.53. The van der Waals surface area contributed by atoms with Crippen molar-refractivity contribution in [2.75, 3.05) is 0 Å². The van der Waals surface area contributed by atoms with Gasteiger partial charge in [-0.15, -0.1) is 0 Å². The van der Waals surface area contributed by atoms with Gasteiger partial charge in [0.25, 0.3) is 0 Å². The van der Waals surface area contributed by atoms with Crippen molar-refractivity contribution < 1.29 is 0 Å². The molecule has 0 bridgehead atoms. The highest BCUT2D eigenvalue weighted by molar-refractivity contribution is 7.78. The maximum Gasteiger partial charge on any atom is 0.0683 e. The molecule has 1 aliphatic rings. The van der Waals surface area contributed by atoms with Crippen LogP contribution in [0.2, 0.25) is 0 Å². The number of rotatable bonds is 2. The first kappa shape index (κ1) is 10.9. The van der Waals surface area contributed by atoms with Gasteiger partial charge in [-0.25, -0.2) is 4.99 Å². The van der Waals surface area contributed by atoms with Crippen molar-refractivity contribution in [1.29, 1.82) is 0 Å². The Bertz CT molecular complexity index is 208. The SMILES string of the molecule is CC(C)C1CCC(C)(N=C=S)CC1. The largest absolute Gasteiger partial charge is 0.226 e. The molecule has 0 unspecified atom stereocenters. The van der Waals surface area contributed by atoms with Gasteiger partial charge in [0.1, 0.15) is 0 Å². The van der Waals surface area contributed by atoms with E-state index >= 15 is 0 Å². The normalized spacial score (nSPS) is 34.3. The Hall–Kier alpha value is -0.200. The van der Waals surface area contributed by atoms with Gasteiger partial charge < -0.3 is 0 Å². The molecular formula is C11H19NS. The van der Waals surface area contributed by atoms with Crippen molar-refractivity contribution in [3.8, 4) is 0 Å². The fourth-order valence-corrected chi connectivity index (χ4v) is 2.37. The third-order valence-corrected chi connectivity index (χ3v) is 3.46. The van der Waals surface area contributed by atoms with Crippen LogP contribution in [0.1, 0.15) is 46.5 Å². The number of hydrogen-bond acceptors (Lipinski definition) is 2. The number of isothiocyanates is 1. The lowest BCUT2D eigenvalue weighted by Crippen LogP contribution is -2.30. The molecule has 0 radical (unpaired) electrons. The van der Waals surface area contributed by atoms with Gasteiger partial charge >= 0.3 is 0 Å². The van der Waals surface area contributed by atoms with Gasteiger partial charge in [-0.3, -0.25) is 0 Å². The molecule has 0 amide bonds. The molecule has 0 heterocycles. The van der Waals surface area contributed by atoms with Crippen molar-refractivity contribution in [1.82, 2.24) is 0 Å². The van der Waals surface area contributed by atoms with Crippen LogP contribution in [0.4, 0.5) is 0 Å². The fraction of sp³-hybridized carbons (Fsp3) is 0.909. The summed E-state index contributed by atoms with van der Waals surface area (Å²) in [6, 6.07) is 0. The summed E-state index contributed by atoms with van der Waals surface area (Å²) < 4.78 is 0. The topological polar surface area (TPSA) is 12.4 Å². The summed E-state index contributed by atoms with van der Waals surface area (Å²) in [6.07, 6.45) is 4.96. The molecule has 13 heavy (non-hydrogen) atoms. The molecule has 74 valence electrons. The number of thiocarbonyl (C=S) groups is 1. The molecule has 1 nitrogen and oxygen atoms in total. The molecule has 1 fully saturated rings. The third-order valence-electron chi connectivity index (χ3n) is 3.37. The summed E-state index contributed by atoms with van der Waals surface area (Å²) in [4.78, 5) is 4.27. The minimum absolute atomic E-state index is 0.104. The van der Waals surface area contributed by atoms with Crippen LogP contribution in [0.15, 0.2) is 4.99 Å². The zero-order chi connectivity index (χ0) is 9.90. The summed E-state index contributed by atoms with van der Waals surface area (Å²) in [5.41, 5.74) is 0.104. The lowest BCUT2D eigenvalue weighted by atomic mass is 9.74. The van der Waals surface area contributed by atoms with Crippen molar-refractivity contribution in [3.63, 3.8) is 0 Å². The smallest absolute Gasteiger partial charge is 0.0683 e. The lowest BCUT2D eigenvalue weighted by molar-refractivity contribution is 0.210. The standard InChI is InChI=1S/C11H19NS/c1-9(2)10-4-6-11(3,7-5-10)12-8-13/h9-10H,4-7H2,1-3H3. The van der Waals surface area contributed by atoms with Crippen molar-refractivity contribution in [2.45, 2.75) is 52.0 Å². The van der Waals surface area contributed by atoms with Gasteiger partial charge in [0, 0.05) is 0 Å². The molecule has 1 rings (SSSR count). The predicted molar refractivity (Wildman–Crippen MR) is 60.2 cm³/mol. The zero-order valence-corrected chi connectivity index (χ0v) is 9.66. The van der Waals surface area contributed by atoms with E-state index in [1.54, 1.807) is 0 Å². The van der Waals surface area contributed by atoms with Crippen molar-refractivity contribution in [2.24, 2.45) is 16.8 Å². The van der Waals surface area contributed by atoms with Gasteiger partial charge in [-0.2, -0.15) is 0 Å². The molecular weight excluding hydrogens is 178 g/mol. The quantitative estimate of drug-likeness (QED) is 0.486. The lowest BCUT2D eigenvalue weighted by Gasteiger charge is -2.35. The third kappa shape index (κ3) is 2.89. The van der Waals surface area contributed by atoms with E-state index in [0.717, 1.165) is 11.8 Å². The molecule has 0 aromatic rings. The predicted octanol–water partition coefficient (Wildman–Crippen LogP) is 3.69. The van der Waals surface area contributed by atoms with Gasteiger partial charge in [-0.1, -0.05) is 13.8 Å². The van der Waals surface area contributed by atoms with Crippen LogP contribution in [-0.2, 0) is 0 Å². The van der Waals surface area contributed by atoms with E-state index in [4.69, 9.17) is 0 Å². The Morgan fingerprint density at radius 2 is 1.92 bits per heavy atom. The van der Waals surface area contributed by atoms with E-state index in [0.29, 0.717) is 0 Å². The molecule has 0 aromatic carbocycles. The number of nitrogens with zero attached hydrogens (tertiary/aromatic N) is 1. The molecule has 0 spiro atoms. The van der Waals surface area contributed by atoms with Gasteiger partial charge in [0.2, 0.25) is 0 Å². The highest BCUT2D eigenvalue weighted by Gasteiger charge is 2.31. The van der Waals surface area contributed by atoms with Gasteiger partial charge in [-0.05, 0) is 56.7 Å². The second-order valence-electron chi connectivity index (χ2n) is 4.78. The average molecular weight is 197 g/mol. The molecule has 0 aliphatic heterocycles. The van der Waals surface area contributed by atoms with Crippen LogP contribution in [0.25, 0.3) is 0 Å². The summed E-state index contributed by atoms with van der Waals surface area (Å²) in [6.45, 7) is 6.83. The number of aliphatic imine (C=N–C) groups is 1. The Balaban J connectivity index is 2.51. The first-order valence-electron chi connectivity index (χ1n) is 5.16. The van der Waals surface area contributed by atoms with E-state index in [1.807, 2.05) is 0 Å². The van der Waals surface area contributed by atoms with E-state index in [9.17, 15) is 0 Å². The Kier molecular flexibility index (Phi) is 3.63. The summed E-state index contributed by atoms with van der Waals surface area (Å²) >= 11 is 4.67. The molecule has 1 saturated carbocycles. The summed E-state index contributed by atoms with van der Waals surface area (Å²) in [5.74, 6) is 1.72. The zero-order valence-electron chi connectivity index (χ0n) is 8.84. The Labute approximate surface area is 86.6 Å². The highest BCUT2D eigenvalue weighted by Crippen LogP contribution is 2.37. The minimum atomic E-state index is 0.104. The van der Waals surface area contributed by atoms with E-state index < -0.39 is 0 Å². The van der Waals surface area contributed by atoms with E-state index in [1.165, 1.54) is 25.7 Å². The molecule has 0 atom stereocenters. The van der Waals surface area contributed by atoms with Crippen LogP contribution in [0, 0.1) is 11.8 Å². The number of hydrogen-bond donors (Lipinski definition) is 0. The molecule has 0 aromatic heterocycles. The first-order chi connectivity index (χ1) is 6.07. The Morgan fingerprint density at radius 1 is 1.38 bits per heavy atom. The van der Waals surface area contributed by atoms with Gasteiger partial charge in [0.05, 0.1) is 10.7 Å².